The standard InChI is InChI=1S/C13H19NO2/c1-2-16-11-5-3-10(4-6-11)12-7-13(12,8-14)9-15/h3-6,12,15H,2,7-9,14H2,1H3/t12-,13-/m0/s1. The van der Waals surface area contributed by atoms with Crippen molar-refractivity contribution in [3.05, 3.63) is 29.8 Å². The van der Waals surface area contributed by atoms with E-state index in [0.717, 1.165) is 12.2 Å². The van der Waals surface area contributed by atoms with Crippen molar-refractivity contribution in [2.24, 2.45) is 11.1 Å². The lowest BCUT2D eigenvalue weighted by Crippen LogP contribution is -2.21. The van der Waals surface area contributed by atoms with Gasteiger partial charge in [-0.2, -0.15) is 0 Å². The van der Waals surface area contributed by atoms with Crippen molar-refractivity contribution < 1.29 is 9.84 Å². The normalized spacial score (nSPS) is 27.8. The highest BCUT2D eigenvalue weighted by Crippen LogP contribution is 2.58. The van der Waals surface area contributed by atoms with Crippen LogP contribution in [0.3, 0.4) is 0 Å². The van der Waals surface area contributed by atoms with Gasteiger partial charge in [0.25, 0.3) is 0 Å². The molecule has 0 bridgehead atoms. The van der Waals surface area contributed by atoms with Crippen molar-refractivity contribution in [1.29, 1.82) is 0 Å². The first kappa shape index (κ1) is 11.4. The van der Waals surface area contributed by atoms with Gasteiger partial charge in [-0.3, -0.25) is 0 Å². The quantitative estimate of drug-likeness (QED) is 0.792. The van der Waals surface area contributed by atoms with E-state index in [1.807, 2.05) is 19.1 Å². The molecule has 1 saturated carbocycles. The van der Waals surface area contributed by atoms with E-state index in [2.05, 4.69) is 12.1 Å². The van der Waals surface area contributed by atoms with Crippen LogP contribution in [0.2, 0.25) is 0 Å². The minimum absolute atomic E-state index is 0.0624. The van der Waals surface area contributed by atoms with Gasteiger partial charge >= 0.3 is 0 Å². The highest BCUT2D eigenvalue weighted by molar-refractivity contribution is 5.35. The van der Waals surface area contributed by atoms with E-state index in [9.17, 15) is 5.11 Å². The average molecular weight is 221 g/mol. The molecule has 2 rings (SSSR count). The summed E-state index contributed by atoms with van der Waals surface area (Å²) in [4.78, 5) is 0. The lowest BCUT2D eigenvalue weighted by molar-refractivity contribution is 0.211. The molecular formula is C13H19NO2. The number of aliphatic hydroxyl groups is 1. The summed E-state index contributed by atoms with van der Waals surface area (Å²) < 4.78 is 5.39. The van der Waals surface area contributed by atoms with Gasteiger partial charge in [0.1, 0.15) is 5.75 Å². The fraction of sp³-hybridized carbons (Fsp3) is 0.538. The molecule has 1 aliphatic rings. The van der Waals surface area contributed by atoms with Gasteiger partial charge in [0.05, 0.1) is 13.2 Å². The van der Waals surface area contributed by atoms with Crippen LogP contribution in [0.1, 0.15) is 24.8 Å². The van der Waals surface area contributed by atoms with E-state index in [1.165, 1.54) is 5.56 Å². The predicted molar refractivity (Wildman–Crippen MR) is 63.5 cm³/mol. The molecule has 0 amide bonds. The van der Waals surface area contributed by atoms with Gasteiger partial charge in [0.15, 0.2) is 0 Å². The Morgan fingerprint density at radius 2 is 2.12 bits per heavy atom. The number of hydrogen-bond donors (Lipinski definition) is 2. The second-order valence-corrected chi connectivity index (χ2v) is 4.48. The largest absolute Gasteiger partial charge is 0.494 e. The van der Waals surface area contributed by atoms with Gasteiger partial charge in [-0.05, 0) is 37.0 Å². The Balaban J connectivity index is 2.07. The van der Waals surface area contributed by atoms with Gasteiger partial charge in [-0.1, -0.05) is 12.1 Å². The molecule has 88 valence electrons. The molecule has 0 saturated heterocycles. The van der Waals surface area contributed by atoms with Crippen molar-refractivity contribution >= 4 is 0 Å². The van der Waals surface area contributed by atoms with Crippen LogP contribution in [0.15, 0.2) is 24.3 Å². The summed E-state index contributed by atoms with van der Waals surface area (Å²) in [6.45, 7) is 3.40. The van der Waals surface area contributed by atoms with Crippen molar-refractivity contribution in [3.8, 4) is 5.75 Å². The molecule has 16 heavy (non-hydrogen) atoms. The fourth-order valence-corrected chi connectivity index (χ4v) is 2.25. The van der Waals surface area contributed by atoms with Crippen LogP contribution in [0.4, 0.5) is 0 Å². The molecular weight excluding hydrogens is 202 g/mol. The van der Waals surface area contributed by atoms with Crippen LogP contribution in [0.5, 0.6) is 5.75 Å². The maximum absolute atomic E-state index is 9.32. The maximum atomic E-state index is 9.32. The number of aliphatic hydroxyl groups excluding tert-OH is 1. The van der Waals surface area contributed by atoms with E-state index in [1.54, 1.807) is 0 Å². The summed E-state index contributed by atoms with van der Waals surface area (Å²) in [5, 5.41) is 9.32. The molecule has 3 heteroatoms. The first-order valence-electron chi connectivity index (χ1n) is 5.79. The Bertz CT molecular complexity index is 343. The van der Waals surface area contributed by atoms with Crippen molar-refractivity contribution in [3.63, 3.8) is 0 Å². The third-order valence-electron chi connectivity index (χ3n) is 3.50. The SMILES string of the molecule is CCOc1ccc([C@@H]2C[C@]2(CN)CO)cc1. The van der Waals surface area contributed by atoms with Crippen molar-refractivity contribution in [1.82, 2.24) is 0 Å². The minimum atomic E-state index is -0.0624. The van der Waals surface area contributed by atoms with E-state index in [4.69, 9.17) is 10.5 Å². The average Bonchev–Trinajstić information content (AvgIpc) is 3.06. The molecule has 3 N–H and O–H groups in total. The zero-order valence-electron chi connectivity index (χ0n) is 9.65. The Morgan fingerprint density at radius 1 is 1.44 bits per heavy atom. The van der Waals surface area contributed by atoms with Crippen molar-refractivity contribution in [2.45, 2.75) is 19.3 Å². The van der Waals surface area contributed by atoms with Gasteiger partial charge in [0, 0.05) is 12.0 Å². The maximum Gasteiger partial charge on any atom is 0.119 e. The summed E-state index contributed by atoms with van der Waals surface area (Å²) in [7, 11) is 0. The third kappa shape index (κ3) is 1.93. The Kier molecular flexibility index (Phi) is 3.17. The topological polar surface area (TPSA) is 55.5 Å². The predicted octanol–water partition coefficient (Wildman–Crippen LogP) is 1.51. The molecule has 0 aliphatic heterocycles. The molecule has 0 spiro atoms. The van der Waals surface area contributed by atoms with Gasteiger partial charge in [-0.15, -0.1) is 0 Å². The molecule has 0 unspecified atom stereocenters. The zero-order valence-corrected chi connectivity index (χ0v) is 9.65. The second kappa shape index (κ2) is 4.44. The molecule has 1 aromatic carbocycles. The highest BCUT2D eigenvalue weighted by atomic mass is 16.5. The molecule has 3 nitrogen and oxygen atoms in total. The Hall–Kier alpha value is -1.06. The first-order chi connectivity index (χ1) is 7.75. The van der Waals surface area contributed by atoms with Crippen LogP contribution in [-0.2, 0) is 0 Å². The lowest BCUT2D eigenvalue weighted by atomic mass is 10.00. The highest BCUT2D eigenvalue weighted by Gasteiger charge is 2.53. The van der Waals surface area contributed by atoms with Crippen LogP contribution < -0.4 is 10.5 Å². The smallest absolute Gasteiger partial charge is 0.119 e. The minimum Gasteiger partial charge on any atom is -0.494 e. The van der Waals surface area contributed by atoms with Crippen LogP contribution >= 0.6 is 0 Å². The van der Waals surface area contributed by atoms with Gasteiger partial charge < -0.3 is 15.6 Å². The fourth-order valence-electron chi connectivity index (χ4n) is 2.25. The molecule has 0 radical (unpaired) electrons. The first-order valence-corrected chi connectivity index (χ1v) is 5.79. The summed E-state index contributed by atoms with van der Waals surface area (Å²) in [5.74, 6) is 1.31. The van der Waals surface area contributed by atoms with E-state index in [-0.39, 0.29) is 12.0 Å². The van der Waals surface area contributed by atoms with Crippen LogP contribution in [-0.4, -0.2) is 24.9 Å². The number of nitrogens with two attached hydrogens (primary N) is 1. The Labute approximate surface area is 96.2 Å². The van der Waals surface area contributed by atoms with Crippen LogP contribution in [0, 0.1) is 5.41 Å². The van der Waals surface area contributed by atoms with Gasteiger partial charge in [-0.25, -0.2) is 0 Å². The van der Waals surface area contributed by atoms with E-state index >= 15 is 0 Å². The van der Waals surface area contributed by atoms with E-state index < -0.39 is 0 Å². The van der Waals surface area contributed by atoms with E-state index in [0.29, 0.717) is 19.1 Å². The summed E-state index contributed by atoms with van der Waals surface area (Å²) in [6.07, 6.45) is 0.994. The third-order valence-corrected chi connectivity index (χ3v) is 3.50. The number of rotatable bonds is 5. The molecule has 1 aromatic rings. The summed E-state index contributed by atoms with van der Waals surface area (Å²) >= 11 is 0. The number of ether oxygens (including phenoxy) is 1. The number of benzene rings is 1. The zero-order chi connectivity index (χ0) is 11.6. The van der Waals surface area contributed by atoms with Crippen molar-refractivity contribution in [2.75, 3.05) is 19.8 Å². The van der Waals surface area contributed by atoms with Crippen LogP contribution in [0.25, 0.3) is 0 Å². The summed E-state index contributed by atoms with van der Waals surface area (Å²) in [6, 6.07) is 8.11. The monoisotopic (exact) mass is 221 g/mol. The summed E-state index contributed by atoms with van der Waals surface area (Å²) in [5.41, 5.74) is 6.89. The molecule has 0 heterocycles. The Morgan fingerprint density at radius 3 is 2.56 bits per heavy atom. The molecule has 1 aliphatic carbocycles. The second-order valence-electron chi connectivity index (χ2n) is 4.48. The number of hydrogen-bond acceptors (Lipinski definition) is 3. The molecule has 1 fully saturated rings. The molecule has 0 aromatic heterocycles. The lowest BCUT2D eigenvalue weighted by Gasteiger charge is -2.11. The molecule has 2 atom stereocenters. The van der Waals surface area contributed by atoms with Gasteiger partial charge in [0.2, 0.25) is 0 Å².